The van der Waals surface area contributed by atoms with E-state index in [-0.39, 0.29) is 12.2 Å². The van der Waals surface area contributed by atoms with E-state index in [2.05, 4.69) is 21.2 Å². The quantitative estimate of drug-likeness (QED) is 0.659. The summed E-state index contributed by atoms with van der Waals surface area (Å²) in [6, 6.07) is 4.74. The lowest BCUT2D eigenvalue weighted by Gasteiger charge is -2.24. The Labute approximate surface area is 112 Å². The molecule has 0 aliphatic carbocycles. The molecule has 0 spiro atoms. The van der Waals surface area contributed by atoms with E-state index in [0.29, 0.717) is 10.0 Å². The number of nitrogens with one attached hydrogen (secondary N) is 1. The minimum absolute atomic E-state index is 0.0263. The van der Waals surface area contributed by atoms with Gasteiger partial charge in [0.15, 0.2) is 0 Å². The Morgan fingerprint density at radius 1 is 1.56 bits per heavy atom. The van der Waals surface area contributed by atoms with E-state index in [1.54, 1.807) is 26.0 Å². The number of nitrogens with zero attached hydrogens (tertiary/aromatic N) is 1. The summed E-state index contributed by atoms with van der Waals surface area (Å²) in [6.07, 6.45) is -1.15. The molecule has 0 saturated heterocycles. The molecule has 0 heterocycles. The fourth-order valence-electron chi connectivity index (χ4n) is 1.62. The van der Waals surface area contributed by atoms with Gasteiger partial charge in [-0.3, -0.25) is 10.1 Å². The summed E-state index contributed by atoms with van der Waals surface area (Å²) in [5.41, 5.74) is -0.201. The Morgan fingerprint density at radius 3 is 2.67 bits per heavy atom. The van der Waals surface area contributed by atoms with Crippen LogP contribution in [0.15, 0.2) is 22.7 Å². The molecule has 0 aliphatic heterocycles. The summed E-state index contributed by atoms with van der Waals surface area (Å²) in [5.74, 6) is 0. The number of halogens is 1. The van der Waals surface area contributed by atoms with Gasteiger partial charge in [0.2, 0.25) is 0 Å². The highest BCUT2D eigenvalue weighted by atomic mass is 79.9. The Kier molecular flexibility index (Phi) is 4.28. The molecule has 0 unspecified atom stereocenters. The van der Waals surface area contributed by atoms with Gasteiger partial charge in [0.1, 0.15) is 0 Å². The van der Waals surface area contributed by atoms with Crippen LogP contribution in [-0.2, 0) is 5.41 Å². The van der Waals surface area contributed by atoms with E-state index in [1.807, 2.05) is 0 Å². The molecule has 7 heteroatoms. The maximum atomic E-state index is 11.0. The van der Waals surface area contributed by atoms with Crippen molar-refractivity contribution in [3.8, 4) is 0 Å². The number of nitro benzene ring substituents is 1. The zero-order valence-electron chi connectivity index (χ0n) is 9.94. The Balaban J connectivity index is 3.14. The molecule has 0 saturated carbocycles. The van der Waals surface area contributed by atoms with Crippen LogP contribution in [0.3, 0.4) is 0 Å². The molecule has 0 bridgehead atoms. The molecular weight excluding hydrogens is 304 g/mol. The highest BCUT2D eigenvalue weighted by Crippen LogP contribution is 2.33. The van der Waals surface area contributed by atoms with Crippen molar-refractivity contribution >= 4 is 27.7 Å². The van der Waals surface area contributed by atoms with E-state index >= 15 is 0 Å². The first kappa shape index (κ1) is 14.4. The molecule has 0 aromatic heterocycles. The maximum absolute atomic E-state index is 11.0. The van der Waals surface area contributed by atoms with E-state index < -0.39 is 16.4 Å². The second-order valence-corrected chi connectivity index (χ2v) is 5.38. The Bertz CT molecular complexity index is 488. The zero-order valence-corrected chi connectivity index (χ0v) is 11.5. The molecule has 2 N–H and O–H groups in total. The van der Waals surface area contributed by atoms with E-state index in [1.165, 1.54) is 6.07 Å². The van der Waals surface area contributed by atoms with E-state index in [4.69, 9.17) is 5.11 Å². The number of carboxylic acid groups (broad SMARTS) is 1. The standard InChI is InChI=1S/C11H13BrN2O4/c1-11(2,6-13-10(15)16)8-4-3-7(12)5-9(8)14(17)18/h3-5,13H,6H2,1-2H3,(H,15,16). The second kappa shape index (κ2) is 5.34. The predicted molar refractivity (Wildman–Crippen MR) is 69.8 cm³/mol. The zero-order chi connectivity index (χ0) is 13.9. The number of nitro groups is 1. The molecule has 1 aromatic rings. The average molecular weight is 317 g/mol. The van der Waals surface area contributed by atoms with Crippen molar-refractivity contribution in [2.24, 2.45) is 0 Å². The smallest absolute Gasteiger partial charge is 0.404 e. The van der Waals surface area contributed by atoms with Crippen molar-refractivity contribution in [2.45, 2.75) is 19.3 Å². The summed E-state index contributed by atoms with van der Waals surface area (Å²) in [5, 5.41) is 21.8. The Morgan fingerprint density at radius 2 is 2.17 bits per heavy atom. The van der Waals surface area contributed by atoms with Crippen molar-refractivity contribution in [1.29, 1.82) is 0 Å². The molecule has 1 aromatic carbocycles. The molecular formula is C11H13BrN2O4. The van der Waals surface area contributed by atoms with Gasteiger partial charge in [0.05, 0.1) is 4.92 Å². The van der Waals surface area contributed by atoms with Crippen LogP contribution in [0.1, 0.15) is 19.4 Å². The normalized spacial score (nSPS) is 11.1. The number of rotatable bonds is 4. The van der Waals surface area contributed by atoms with Gasteiger partial charge in [-0.1, -0.05) is 35.8 Å². The van der Waals surface area contributed by atoms with Crippen molar-refractivity contribution in [3.63, 3.8) is 0 Å². The van der Waals surface area contributed by atoms with Crippen LogP contribution in [0.5, 0.6) is 0 Å². The molecule has 0 aliphatic rings. The number of amides is 1. The minimum atomic E-state index is -1.15. The highest BCUT2D eigenvalue weighted by molar-refractivity contribution is 9.10. The van der Waals surface area contributed by atoms with Gasteiger partial charge < -0.3 is 10.4 Å². The van der Waals surface area contributed by atoms with Crippen molar-refractivity contribution in [1.82, 2.24) is 5.32 Å². The average Bonchev–Trinajstić information content (AvgIpc) is 2.26. The lowest BCUT2D eigenvalue weighted by Crippen LogP contribution is -2.36. The van der Waals surface area contributed by atoms with Gasteiger partial charge in [0.25, 0.3) is 5.69 Å². The number of benzene rings is 1. The fraction of sp³-hybridized carbons (Fsp3) is 0.364. The minimum Gasteiger partial charge on any atom is -0.465 e. The van der Waals surface area contributed by atoms with Crippen LogP contribution in [0.4, 0.5) is 10.5 Å². The van der Waals surface area contributed by atoms with Crippen LogP contribution >= 0.6 is 15.9 Å². The molecule has 1 amide bonds. The first-order valence-corrected chi connectivity index (χ1v) is 5.94. The van der Waals surface area contributed by atoms with Crippen LogP contribution in [0.25, 0.3) is 0 Å². The maximum Gasteiger partial charge on any atom is 0.404 e. The van der Waals surface area contributed by atoms with E-state index in [0.717, 1.165) is 0 Å². The molecule has 0 atom stereocenters. The monoisotopic (exact) mass is 316 g/mol. The Hall–Kier alpha value is -1.63. The molecule has 0 radical (unpaired) electrons. The third-order valence-corrected chi connectivity index (χ3v) is 3.06. The molecule has 18 heavy (non-hydrogen) atoms. The van der Waals surface area contributed by atoms with Gasteiger partial charge in [0, 0.05) is 28.1 Å². The summed E-state index contributed by atoms with van der Waals surface area (Å²) in [6.45, 7) is 3.60. The molecule has 0 fully saturated rings. The second-order valence-electron chi connectivity index (χ2n) is 4.46. The third-order valence-electron chi connectivity index (χ3n) is 2.57. The summed E-state index contributed by atoms with van der Waals surface area (Å²) >= 11 is 3.18. The van der Waals surface area contributed by atoms with Gasteiger partial charge >= 0.3 is 6.09 Å². The summed E-state index contributed by atoms with van der Waals surface area (Å²) in [7, 11) is 0. The van der Waals surface area contributed by atoms with Crippen LogP contribution in [-0.4, -0.2) is 22.7 Å². The fourth-order valence-corrected chi connectivity index (χ4v) is 1.97. The van der Waals surface area contributed by atoms with Crippen molar-refractivity contribution in [3.05, 3.63) is 38.3 Å². The first-order valence-electron chi connectivity index (χ1n) is 5.15. The number of hydrogen-bond donors (Lipinski definition) is 2. The van der Waals surface area contributed by atoms with Gasteiger partial charge in [-0.15, -0.1) is 0 Å². The molecule has 98 valence electrons. The number of carbonyl (C=O) groups is 1. The summed E-state index contributed by atoms with van der Waals surface area (Å²) in [4.78, 5) is 21.0. The predicted octanol–water partition coefficient (Wildman–Crippen LogP) is 2.90. The van der Waals surface area contributed by atoms with Gasteiger partial charge in [-0.2, -0.15) is 0 Å². The molecule has 6 nitrogen and oxygen atoms in total. The van der Waals surface area contributed by atoms with Crippen LogP contribution < -0.4 is 5.32 Å². The van der Waals surface area contributed by atoms with Crippen molar-refractivity contribution in [2.75, 3.05) is 6.54 Å². The topological polar surface area (TPSA) is 92.5 Å². The van der Waals surface area contributed by atoms with Crippen LogP contribution in [0.2, 0.25) is 0 Å². The van der Waals surface area contributed by atoms with Crippen LogP contribution in [0, 0.1) is 10.1 Å². The first-order chi connectivity index (χ1) is 8.24. The van der Waals surface area contributed by atoms with Gasteiger partial charge in [-0.05, 0) is 6.07 Å². The van der Waals surface area contributed by atoms with E-state index in [9.17, 15) is 14.9 Å². The SMILES string of the molecule is CC(C)(CNC(=O)O)c1ccc(Br)cc1[N+](=O)[O-]. The van der Waals surface area contributed by atoms with Gasteiger partial charge in [-0.25, -0.2) is 4.79 Å². The molecule has 1 rings (SSSR count). The third kappa shape index (κ3) is 3.43. The summed E-state index contributed by atoms with van der Waals surface area (Å²) < 4.78 is 0.611. The van der Waals surface area contributed by atoms with Crippen molar-refractivity contribution < 1.29 is 14.8 Å². The highest BCUT2D eigenvalue weighted by Gasteiger charge is 2.29. The lowest BCUT2D eigenvalue weighted by molar-refractivity contribution is -0.386. The number of hydrogen-bond acceptors (Lipinski definition) is 3. The largest absolute Gasteiger partial charge is 0.465 e. The lowest BCUT2D eigenvalue weighted by atomic mass is 9.83.